The molecule has 0 bridgehead atoms. The first-order valence-corrected chi connectivity index (χ1v) is 10.1. The normalized spacial score (nSPS) is 18.3. The van der Waals surface area contributed by atoms with Gasteiger partial charge in [-0.15, -0.1) is 0 Å². The van der Waals surface area contributed by atoms with Crippen LogP contribution in [0.5, 0.6) is 5.75 Å². The van der Waals surface area contributed by atoms with E-state index >= 15 is 0 Å². The number of anilines is 2. The SMILES string of the molecule is COc1ccc(Cl)cc1NC(=O)c1ccc(NC2CCS(=O)(=O)C2)cn1. The smallest absolute Gasteiger partial charge is 0.274 e. The van der Waals surface area contributed by atoms with Gasteiger partial charge in [0.2, 0.25) is 0 Å². The Kier molecular flexibility index (Phi) is 5.33. The number of nitrogens with zero attached hydrogens (tertiary/aromatic N) is 1. The number of hydrogen-bond acceptors (Lipinski definition) is 6. The molecule has 1 unspecified atom stereocenters. The lowest BCUT2D eigenvalue weighted by Crippen LogP contribution is -2.21. The largest absolute Gasteiger partial charge is 0.495 e. The topological polar surface area (TPSA) is 97.4 Å². The quantitative estimate of drug-likeness (QED) is 0.807. The predicted octanol–water partition coefficient (Wildman–Crippen LogP) is 2.59. The molecule has 7 nitrogen and oxygen atoms in total. The van der Waals surface area contributed by atoms with Crippen molar-refractivity contribution < 1.29 is 17.9 Å². The molecule has 26 heavy (non-hydrogen) atoms. The molecular formula is C17H18ClN3O4S. The molecule has 3 rings (SSSR count). The molecule has 0 saturated carbocycles. The molecule has 1 aliphatic heterocycles. The van der Waals surface area contributed by atoms with Crippen molar-refractivity contribution in [2.24, 2.45) is 0 Å². The van der Waals surface area contributed by atoms with Crippen LogP contribution in [-0.2, 0) is 9.84 Å². The van der Waals surface area contributed by atoms with E-state index in [1.807, 2.05) is 0 Å². The molecule has 1 atom stereocenters. The van der Waals surface area contributed by atoms with Gasteiger partial charge in [0.1, 0.15) is 11.4 Å². The van der Waals surface area contributed by atoms with Gasteiger partial charge in [-0.3, -0.25) is 4.79 Å². The van der Waals surface area contributed by atoms with Gasteiger partial charge in [0.25, 0.3) is 5.91 Å². The number of ether oxygens (including phenoxy) is 1. The minimum atomic E-state index is -2.95. The summed E-state index contributed by atoms with van der Waals surface area (Å²) in [6.07, 6.45) is 2.08. The lowest BCUT2D eigenvalue weighted by molar-refractivity contribution is 0.102. The summed E-state index contributed by atoms with van der Waals surface area (Å²) < 4.78 is 28.2. The number of benzene rings is 1. The molecule has 1 aromatic carbocycles. The van der Waals surface area contributed by atoms with Crippen molar-refractivity contribution in [3.63, 3.8) is 0 Å². The summed E-state index contributed by atoms with van der Waals surface area (Å²) in [4.78, 5) is 16.5. The Labute approximate surface area is 156 Å². The molecule has 1 amide bonds. The molecule has 0 spiro atoms. The third-order valence-electron chi connectivity index (χ3n) is 4.01. The van der Waals surface area contributed by atoms with Gasteiger partial charge in [0.05, 0.1) is 36.2 Å². The van der Waals surface area contributed by atoms with Gasteiger partial charge in [0.15, 0.2) is 9.84 Å². The maximum absolute atomic E-state index is 12.4. The summed E-state index contributed by atoms with van der Waals surface area (Å²) in [5.41, 5.74) is 1.34. The van der Waals surface area contributed by atoms with Crippen molar-refractivity contribution in [3.05, 3.63) is 47.2 Å². The van der Waals surface area contributed by atoms with Crippen LogP contribution < -0.4 is 15.4 Å². The van der Waals surface area contributed by atoms with Crippen LogP contribution in [0.1, 0.15) is 16.9 Å². The third-order valence-corrected chi connectivity index (χ3v) is 6.01. The fourth-order valence-electron chi connectivity index (χ4n) is 2.72. The Bertz CT molecular complexity index is 916. The molecule has 1 saturated heterocycles. The highest BCUT2D eigenvalue weighted by Gasteiger charge is 2.27. The van der Waals surface area contributed by atoms with Gasteiger partial charge in [-0.25, -0.2) is 13.4 Å². The lowest BCUT2D eigenvalue weighted by Gasteiger charge is -2.13. The maximum atomic E-state index is 12.4. The highest BCUT2D eigenvalue weighted by Crippen LogP contribution is 2.28. The zero-order valence-corrected chi connectivity index (χ0v) is 15.6. The number of nitrogens with one attached hydrogen (secondary N) is 2. The van der Waals surface area contributed by atoms with Gasteiger partial charge >= 0.3 is 0 Å². The van der Waals surface area contributed by atoms with E-state index in [0.29, 0.717) is 28.6 Å². The first-order valence-electron chi connectivity index (χ1n) is 7.94. The third kappa shape index (κ3) is 4.44. The summed E-state index contributed by atoms with van der Waals surface area (Å²) in [5, 5.41) is 6.31. The number of hydrogen-bond donors (Lipinski definition) is 2. The first kappa shape index (κ1) is 18.5. The average Bonchev–Trinajstić information content (AvgIpc) is 2.94. The number of rotatable bonds is 5. The van der Waals surface area contributed by atoms with Gasteiger partial charge in [-0.1, -0.05) is 11.6 Å². The number of halogens is 1. The average molecular weight is 396 g/mol. The minimum Gasteiger partial charge on any atom is -0.495 e. The molecule has 138 valence electrons. The molecule has 1 aliphatic rings. The number of sulfone groups is 1. The maximum Gasteiger partial charge on any atom is 0.274 e. The van der Waals surface area contributed by atoms with Gasteiger partial charge in [-0.2, -0.15) is 0 Å². The molecule has 1 aromatic heterocycles. The van der Waals surface area contributed by atoms with Crippen LogP contribution >= 0.6 is 11.6 Å². The molecule has 9 heteroatoms. The Balaban J connectivity index is 1.67. The van der Waals surface area contributed by atoms with Crippen molar-refractivity contribution in [2.45, 2.75) is 12.5 Å². The number of pyridine rings is 1. The predicted molar refractivity (Wildman–Crippen MR) is 101 cm³/mol. The van der Waals surface area contributed by atoms with E-state index in [-0.39, 0.29) is 23.2 Å². The Morgan fingerprint density at radius 1 is 1.31 bits per heavy atom. The summed E-state index contributed by atoms with van der Waals surface area (Å²) in [6, 6.07) is 8.05. The fourth-order valence-corrected chi connectivity index (χ4v) is 4.57. The van der Waals surface area contributed by atoms with Gasteiger partial charge < -0.3 is 15.4 Å². The van der Waals surface area contributed by atoms with Crippen LogP contribution in [0.3, 0.4) is 0 Å². The highest BCUT2D eigenvalue weighted by molar-refractivity contribution is 7.91. The van der Waals surface area contributed by atoms with E-state index in [4.69, 9.17) is 16.3 Å². The summed E-state index contributed by atoms with van der Waals surface area (Å²) in [6.45, 7) is 0. The number of carbonyl (C=O) groups is 1. The van der Waals surface area contributed by atoms with E-state index in [0.717, 1.165) is 0 Å². The second-order valence-corrected chi connectivity index (χ2v) is 8.64. The Morgan fingerprint density at radius 2 is 2.12 bits per heavy atom. The Morgan fingerprint density at radius 3 is 2.73 bits per heavy atom. The van der Waals surface area contributed by atoms with Gasteiger partial charge in [0, 0.05) is 11.1 Å². The van der Waals surface area contributed by atoms with Crippen molar-refractivity contribution >= 4 is 38.7 Å². The number of methoxy groups -OCH3 is 1. The lowest BCUT2D eigenvalue weighted by atomic mass is 10.2. The molecule has 2 heterocycles. The first-order chi connectivity index (χ1) is 12.4. The monoisotopic (exact) mass is 395 g/mol. The van der Waals surface area contributed by atoms with Crippen LogP contribution in [0.25, 0.3) is 0 Å². The number of aromatic nitrogens is 1. The molecule has 2 N–H and O–H groups in total. The van der Waals surface area contributed by atoms with E-state index in [2.05, 4.69) is 15.6 Å². The summed E-state index contributed by atoms with van der Waals surface area (Å²) in [7, 11) is -1.45. The van der Waals surface area contributed by atoms with Crippen LogP contribution in [0, 0.1) is 0 Å². The van der Waals surface area contributed by atoms with Crippen molar-refractivity contribution in [1.29, 1.82) is 0 Å². The van der Waals surface area contributed by atoms with E-state index in [9.17, 15) is 13.2 Å². The zero-order valence-electron chi connectivity index (χ0n) is 14.0. The van der Waals surface area contributed by atoms with E-state index in [1.165, 1.54) is 13.3 Å². The van der Waals surface area contributed by atoms with Gasteiger partial charge in [-0.05, 0) is 36.8 Å². The molecule has 1 fully saturated rings. The molecular weight excluding hydrogens is 378 g/mol. The van der Waals surface area contributed by atoms with Crippen LogP contribution in [0.15, 0.2) is 36.5 Å². The van der Waals surface area contributed by atoms with Crippen LogP contribution in [-0.4, -0.2) is 44.0 Å². The summed E-state index contributed by atoms with van der Waals surface area (Å²) in [5.74, 6) is 0.396. The molecule has 2 aromatic rings. The number of amides is 1. The van der Waals surface area contributed by atoms with Crippen molar-refractivity contribution in [2.75, 3.05) is 29.2 Å². The highest BCUT2D eigenvalue weighted by atomic mass is 35.5. The van der Waals surface area contributed by atoms with E-state index in [1.54, 1.807) is 30.3 Å². The second-order valence-electron chi connectivity index (χ2n) is 5.98. The zero-order chi connectivity index (χ0) is 18.7. The van der Waals surface area contributed by atoms with Crippen molar-refractivity contribution in [1.82, 2.24) is 4.98 Å². The molecule has 0 aliphatic carbocycles. The van der Waals surface area contributed by atoms with Crippen LogP contribution in [0.4, 0.5) is 11.4 Å². The minimum absolute atomic E-state index is 0.115. The fraction of sp³-hybridized carbons (Fsp3) is 0.294. The van der Waals surface area contributed by atoms with E-state index < -0.39 is 15.7 Å². The van der Waals surface area contributed by atoms with Crippen LogP contribution in [0.2, 0.25) is 5.02 Å². The number of carbonyl (C=O) groups excluding carboxylic acids is 1. The standard InChI is InChI=1S/C17H18ClN3O4S/c1-25-16-5-2-11(18)8-15(16)21-17(22)14-4-3-12(9-19-14)20-13-6-7-26(23,24)10-13/h2-5,8-9,13,20H,6-7,10H2,1H3,(H,21,22). The summed E-state index contributed by atoms with van der Waals surface area (Å²) >= 11 is 5.95. The second kappa shape index (κ2) is 7.51. The Hall–Kier alpha value is -2.32. The van der Waals surface area contributed by atoms with Crippen molar-refractivity contribution in [3.8, 4) is 5.75 Å². The molecule has 0 radical (unpaired) electrons.